The van der Waals surface area contributed by atoms with Crippen LogP contribution in [0.3, 0.4) is 0 Å². The van der Waals surface area contributed by atoms with Gasteiger partial charge in [-0.05, 0) is 25.3 Å². The van der Waals surface area contributed by atoms with Gasteiger partial charge in [-0.1, -0.05) is 50.8 Å². The lowest BCUT2D eigenvalue weighted by Gasteiger charge is -2.47. The van der Waals surface area contributed by atoms with Gasteiger partial charge in [-0.25, -0.2) is 0 Å². The Morgan fingerprint density at radius 3 is 2.74 bits per heavy atom. The van der Waals surface area contributed by atoms with E-state index in [4.69, 9.17) is 15.9 Å². The van der Waals surface area contributed by atoms with Crippen molar-refractivity contribution < 1.29 is 9.47 Å². The van der Waals surface area contributed by atoms with Crippen molar-refractivity contribution in [3.8, 4) is 12.3 Å². The number of fused-ring (bicyclic) bond motifs is 4. The molecule has 3 saturated heterocycles. The molecule has 0 unspecified atom stereocenters. The van der Waals surface area contributed by atoms with Gasteiger partial charge in [0.2, 0.25) is 0 Å². The highest BCUT2D eigenvalue weighted by Crippen LogP contribution is 2.39. The predicted octanol–water partition coefficient (Wildman–Crippen LogP) is 3.82. The number of ether oxygens (including phenoxy) is 2. The van der Waals surface area contributed by atoms with Crippen molar-refractivity contribution in [1.82, 2.24) is 0 Å². The number of rotatable bonds is 4. The molecule has 19 heavy (non-hydrogen) atoms. The van der Waals surface area contributed by atoms with Crippen LogP contribution in [-0.2, 0) is 9.47 Å². The Hall–Kier alpha value is 0.180. The quantitative estimate of drug-likeness (QED) is 0.535. The van der Waals surface area contributed by atoms with Gasteiger partial charge in [0.25, 0.3) is 0 Å². The van der Waals surface area contributed by atoms with E-state index in [-0.39, 0.29) is 18.3 Å². The number of terminal acetylenes is 1. The molecule has 0 aromatic heterocycles. The predicted molar refractivity (Wildman–Crippen MR) is 84.9 cm³/mol. The first-order valence-corrected chi connectivity index (χ1v) is 8.69. The van der Waals surface area contributed by atoms with E-state index in [1.807, 2.05) is 6.08 Å². The van der Waals surface area contributed by atoms with Gasteiger partial charge in [0.1, 0.15) is 0 Å². The molecule has 6 atom stereocenters. The Balaban J connectivity index is 2.02. The maximum atomic E-state index is 6.29. The van der Waals surface area contributed by atoms with Gasteiger partial charge in [0.05, 0.1) is 24.4 Å². The third-order valence-electron chi connectivity index (χ3n) is 3.82. The van der Waals surface area contributed by atoms with Crippen LogP contribution in [0.2, 0.25) is 0 Å². The zero-order valence-electron chi connectivity index (χ0n) is 11.1. The summed E-state index contributed by atoms with van der Waals surface area (Å²) in [5.41, 5.74) is 0. The molecule has 2 nitrogen and oxygen atoms in total. The van der Waals surface area contributed by atoms with Crippen LogP contribution in [0, 0.1) is 12.3 Å². The van der Waals surface area contributed by atoms with Crippen LogP contribution in [0.15, 0.2) is 12.2 Å². The monoisotopic (exact) mass is 390 g/mol. The first-order chi connectivity index (χ1) is 9.15. The largest absolute Gasteiger partial charge is 0.371 e. The van der Waals surface area contributed by atoms with Gasteiger partial charge in [-0.15, -0.1) is 6.42 Å². The summed E-state index contributed by atoms with van der Waals surface area (Å²) in [5, 5.41) is 0. The Labute approximate surface area is 132 Å². The summed E-state index contributed by atoms with van der Waals surface area (Å²) in [7, 11) is 0. The summed E-state index contributed by atoms with van der Waals surface area (Å²) in [6, 6.07) is 0. The second kappa shape index (κ2) is 7.26. The van der Waals surface area contributed by atoms with E-state index < -0.39 is 0 Å². The molecule has 3 aliphatic rings. The van der Waals surface area contributed by atoms with Crippen molar-refractivity contribution in [1.29, 1.82) is 0 Å². The minimum atomic E-state index is 0.123. The maximum absolute atomic E-state index is 6.29. The van der Waals surface area contributed by atoms with Crippen LogP contribution in [0.5, 0.6) is 0 Å². The third kappa shape index (κ3) is 3.85. The van der Waals surface area contributed by atoms with Gasteiger partial charge in [0, 0.05) is 16.1 Å². The van der Waals surface area contributed by atoms with Crippen LogP contribution in [0.4, 0.5) is 0 Å². The molecular formula is C15H20Br2O2. The minimum Gasteiger partial charge on any atom is -0.371 e. The van der Waals surface area contributed by atoms with Crippen molar-refractivity contribution >= 4 is 31.9 Å². The summed E-state index contributed by atoms with van der Waals surface area (Å²) in [4.78, 5) is 0.784. The summed E-state index contributed by atoms with van der Waals surface area (Å²) in [6.07, 6.45) is 13.8. The molecule has 0 radical (unpaired) electrons. The average Bonchev–Trinajstić information content (AvgIpc) is 2.32. The smallest absolute Gasteiger partial charge is 0.0876 e. The number of hydrogen-bond acceptors (Lipinski definition) is 2. The van der Waals surface area contributed by atoms with Crippen LogP contribution >= 0.6 is 31.9 Å². The summed E-state index contributed by atoms with van der Waals surface area (Å²) in [6.45, 7) is 2.18. The molecule has 0 N–H and O–H groups in total. The van der Waals surface area contributed by atoms with E-state index in [1.165, 1.54) is 0 Å². The number of allylic oxidation sites excluding steroid dienone is 1. The summed E-state index contributed by atoms with van der Waals surface area (Å²) >= 11 is 7.46. The van der Waals surface area contributed by atoms with E-state index in [9.17, 15) is 0 Å². The highest BCUT2D eigenvalue weighted by atomic mass is 79.9. The van der Waals surface area contributed by atoms with Crippen LogP contribution < -0.4 is 0 Å². The molecule has 3 fully saturated rings. The van der Waals surface area contributed by atoms with E-state index >= 15 is 0 Å². The number of alkyl halides is 2. The van der Waals surface area contributed by atoms with Gasteiger partial charge in [-0.2, -0.15) is 0 Å². The molecule has 106 valence electrons. The third-order valence-corrected chi connectivity index (χ3v) is 6.02. The van der Waals surface area contributed by atoms with Gasteiger partial charge in [-0.3, -0.25) is 0 Å². The standard InChI is InChI=1S/C15H20Br2O2/c1-3-5-6-7-12-15-9-14(19-15)11(17)8-13(18-12)10(16)4-2/h1,5-6,10-15H,4,7-9H2,2H3/b6-5+/t10-,11+,12-,13+,14+,15-/m0/s1. The molecule has 3 heterocycles. The molecule has 0 aliphatic carbocycles. The molecule has 0 amide bonds. The Bertz CT molecular complexity index is 358. The SMILES string of the molecule is C#C/C=C/C[C@@H]1O[C@@H]([C@@H](Br)CC)C[C@@H](Br)[C@H]2C[C@@H]1O2. The van der Waals surface area contributed by atoms with Crippen LogP contribution in [0.1, 0.15) is 32.6 Å². The van der Waals surface area contributed by atoms with Crippen molar-refractivity contribution in [3.63, 3.8) is 0 Å². The molecule has 0 aromatic rings. The maximum Gasteiger partial charge on any atom is 0.0876 e. The van der Waals surface area contributed by atoms with Crippen molar-refractivity contribution in [2.75, 3.05) is 0 Å². The van der Waals surface area contributed by atoms with E-state index in [0.717, 1.165) is 25.7 Å². The lowest BCUT2D eigenvalue weighted by atomic mass is 9.90. The molecule has 2 bridgehead atoms. The molecule has 0 spiro atoms. The number of halogens is 2. The molecule has 3 rings (SSSR count). The summed E-state index contributed by atoms with van der Waals surface area (Å²) in [5.74, 6) is 2.52. The fourth-order valence-electron chi connectivity index (χ4n) is 2.63. The lowest BCUT2D eigenvalue weighted by molar-refractivity contribution is -0.213. The first kappa shape index (κ1) is 15.6. The molecule has 4 heteroatoms. The van der Waals surface area contributed by atoms with Gasteiger partial charge in [0.15, 0.2) is 0 Å². The minimum absolute atomic E-state index is 0.123. The van der Waals surface area contributed by atoms with Crippen LogP contribution in [-0.4, -0.2) is 34.1 Å². The van der Waals surface area contributed by atoms with Gasteiger partial charge >= 0.3 is 0 Å². The topological polar surface area (TPSA) is 18.5 Å². The molecule has 3 aliphatic heterocycles. The molecule has 0 aromatic carbocycles. The van der Waals surface area contributed by atoms with Crippen LogP contribution in [0.25, 0.3) is 0 Å². The summed E-state index contributed by atoms with van der Waals surface area (Å²) < 4.78 is 12.2. The van der Waals surface area contributed by atoms with E-state index in [0.29, 0.717) is 15.8 Å². The zero-order chi connectivity index (χ0) is 13.8. The normalized spacial score (nSPS) is 40.0. The molecular weight excluding hydrogens is 372 g/mol. The molecule has 0 saturated carbocycles. The zero-order valence-corrected chi connectivity index (χ0v) is 14.3. The second-order valence-corrected chi connectivity index (χ2v) is 7.49. The average molecular weight is 392 g/mol. The lowest BCUT2D eigenvalue weighted by Crippen LogP contribution is -2.55. The highest BCUT2D eigenvalue weighted by Gasteiger charge is 2.44. The second-order valence-electron chi connectivity index (χ2n) is 5.14. The van der Waals surface area contributed by atoms with Gasteiger partial charge < -0.3 is 9.47 Å². The van der Waals surface area contributed by atoms with E-state index in [2.05, 4.69) is 44.7 Å². The fraction of sp³-hybridized carbons (Fsp3) is 0.733. The van der Waals surface area contributed by atoms with E-state index in [1.54, 1.807) is 6.08 Å². The Morgan fingerprint density at radius 2 is 2.11 bits per heavy atom. The fourth-order valence-corrected chi connectivity index (χ4v) is 3.68. The Kier molecular flexibility index (Phi) is 5.95. The Morgan fingerprint density at radius 1 is 1.37 bits per heavy atom. The van der Waals surface area contributed by atoms with Crippen molar-refractivity contribution in [2.24, 2.45) is 0 Å². The first-order valence-electron chi connectivity index (χ1n) is 6.85. The highest BCUT2D eigenvalue weighted by molar-refractivity contribution is 9.09. The van der Waals surface area contributed by atoms with Crippen molar-refractivity contribution in [3.05, 3.63) is 12.2 Å². The van der Waals surface area contributed by atoms with Crippen molar-refractivity contribution in [2.45, 2.75) is 66.7 Å². The number of hydrogen-bond donors (Lipinski definition) is 0.